The predicted octanol–water partition coefficient (Wildman–Crippen LogP) is 2.09. The molecule has 8 nitrogen and oxygen atoms in total. The summed E-state index contributed by atoms with van der Waals surface area (Å²) in [5, 5.41) is -0.254. The summed E-state index contributed by atoms with van der Waals surface area (Å²) in [5.41, 5.74) is 2.47. The van der Waals surface area contributed by atoms with Crippen LogP contribution in [-0.4, -0.2) is 59.1 Å². The summed E-state index contributed by atoms with van der Waals surface area (Å²) in [7, 11) is 3.71. The molecular formula is C21H22N4O4S. The van der Waals surface area contributed by atoms with E-state index in [0.29, 0.717) is 29.3 Å². The van der Waals surface area contributed by atoms with Crippen LogP contribution >= 0.6 is 11.8 Å². The van der Waals surface area contributed by atoms with E-state index in [9.17, 15) is 14.4 Å². The normalized spacial score (nSPS) is 21.3. The van der Waals surface area contributed by atoms with Crippen molar-refractivity contribution in [3.8, 4) is 5.75 Å². The second-order valence-corrected chi connectivity index (χ2v) is 8.42. The highest BCUT2D eigenvalue weighted by molar-refractivity contribution is 8.15. The van der Waals surface area contributed by atoms with Gasteiger partial charge in [-0.25, -0.2) is 10.9 Å². The van der Waals surface area contributed by atoms with Crippen LogP contribution in [0.1, 0.15) is 15.9 Å². The van der Waals surface area contributed by atoms with E-state index in [-0.39, 0.29) is 18.0 Å². The SMILES string of the molecule is CN1C(=O)c2ccccc2N(C)C1COc1ccc(CC2SC(=O)N(N)C2=O)cc1. The van der Waals surface area contributed by atoms with E-state index in [0.717, 1.165) is 23.0 Å². The number of carbonyl (C=O) groups is 3. The fourth-order valence-corrected chi connectivity index (χ4v) is 4.58. The van der Waals surface area contributed by atoms with Gasteiger partial charge in [-0.1, -0.05) is 24.3 Å². The van der Waals surface area contributed by atoms with E-state index in [1.165, 1.54) is 0 Å². The van der Waals surface area contributed by atoms with Crippen molar-refractivity contribution in [2.24, 2.45) is 5.84 Å². The summed E-state index contributed by atoms with van der Waals surface area (Å²) >= 11 is 0.943. The number of thioether (sulfide) groups is 1. The lowest BCUT2D eigenvalue weighted by molar-refractivity contribution is -0.126. The van der Waals surface area contributed by atoms with E-state index >= 15 is 0 Å². The number of hydrazine groups is 1. The summed E-state index contributed by atoms with van der Waals surface area (Å²) < 4.78 is 5.94. The molecule has 2 aromatic rings. The molecule has 0 spiro atoms. The van der Waals surface area contributed by atoms with Crippen molar-refractivity contribution >= 4 is 34.5 Å². The monoisotopic (exact) mass is 426 g/mol. The number of rotatable bonds is 5. The Morgan fingerprint density at radius 2 is 1.70 bits per heavy atom. The molecule has 0 radical (unpaired) electrons. The minimum absolute atomic E-state index is 0.0325. The molecule has 1 fully saturated rings. The molecule has 2 aliphatic rings. The maximum atomic E-state index is 12.6. The molecule has 1 saturated heterocycles. The number of likely N-dealkylation sites (N-methyl/N-ethyl adjacent to an activating group) is 2. The lowest BCUT2D eigenvalue weighted by atomic mass is 10.1. The molecular weight excluding hydrogens is 404 g/mol. The van der Waals surface area contributed by atoms with Gasteiger partial charge >= 0.3 is 5.24 Å². The Hall–Kier alpha value is -3.04. The Balaban J connectivity index is 1.39. The van der Waals surface area contributed by atoms with Gasteiger partial charge in [0.2, 0.25) is 0 Å². The highest BCUT2D eigenvalue weighted by Gasteiger charge is 2.38. The van der Waals surface area contributed by atoms with Crippen LogP contribution in [0.15, 0.2) is 48.5 Å². The average Bonchev–Trinajstić information content (AvgIpc) is 2.99. The lowest BCUT2D eigenvalue weighted by Crippen LogP contribution is -2.54. The van der Waals surface area contributed by atoms with Crippen LogP contribution in [0.3, 0.4) is 0 Å². The lowest BCUT2D eigenvalue weighted by Gasteiger charge is -2.41. The summed E-state index contributed by atoms with van der Waals surface area (Å²) in [6, 6.07) is 14.9. The summed E-state index contributed by atoms with van der Waals surface area (Å²) in [6.45, 7) is 0.306. The Labute approximate surface area is 178 Å². The highest BCUT2D eigenvalue weighted by Crippen LogP contribution is 2.30. The van der Waals surface area contributed by atoms with Gasteiger partial charge < -0.3 is 14.5 Å². The molecule has 4 rings (SSSR count). The van der Waals surface area contributed by atoms with Gasteiger partial charge in [0.25, 0.3) is 11.8 Å². The van der Waals surface area contributed by atoms with Crippen LogP contribution < -0.4 is 15.5 Å². The number of nitrogens with two attached hydrogens (primary N) is 1. The number of hydrogen-bond acceptors (Lipinski definition) is 7. The molecule has 3 amide bonds. The van der Waals surface area contributed by atoms with Gasteiger partial charge in [0.15, 0.2) is 0 Å². The van der Waals surface area contributed by atoms with E-state index < -0.39 is 10.5 Å². The topological polar surface area (TPSA) is 96.2 Å². The number of fused-ring (bicyclic) bond motifs is 1. The first kappa shape index (κ1) is 20.2. The number of hydrogen-bond donors (Lipinski definition) is 1. The van der Waals surface area contributed by atoms with Crippen molar-refractivity contribution in [2.45, 2.75) is 17.8 Å². The summed E-state index contributed by atoms with van der Waals surface area (Å²) in [5.74, 6) is 5.68. The zero-order chi connectivity index (χ0) is 21.4. The Bertz CT molecular complexity index is 997. The van der Waals surface area contributed by atoms with Crippen LogP contribution in [0.4, 0.5) is 10.5 Å². The van der Waals surface area contributed by atoms with Crippen molar-refractivity contribution in [2.75, 3.05) is 25.6 Å². The fraction of sp³-hybridized carbons (Fsp3) is 0.286. The number of carbonyl (C=O) groups excluding carboxylic acids is 3. The molecule has 9 heteroatoms. The van der Waals surface area contributed by atoms with Gasteiger partial charge in [-0.3, -0.25) is 14.4 Å². The summed E-state index contributed by atoms with van der Waals surface area (Å²) in [6.07, 6.45) is 0.184. The molecule has 2 aromatic carbocycles. The molecule has 2 unspecified atom stereocenters. The van der Waals surface area contributed by atoms with Gasteiger partial charge in [0, 0.05) is 14.1 Å². The van der Waals surface area contributed by atoms with Crippen LogP contribution in [0.25, 0.3) is 0 Å². The van der Waals surface area contributed by atoms with E-state index in [2.05, 4.69) is 0 Å². The molecule has 2 atom stereocenters. The Morgan fingerprint density at radius 3 is 2.37 bits per heavy atom. The van der Waals surface area contributed by atoms with E-state index in [1.54, 1.807) is 11.9 Å². The number of ether oxygens (including phenoxy) is 1. The molecule has 2 aliphatic heterocycles. The number of anilines is 1. The Kier molecular flexibility index (Phi) is 5.40. The summed E-state index contributed by atoms with van der Waals surface area (Å²) in [4.78, 5) is 39.8. The van der Waals surface area contributed by atoms with E-state index in [1.807, 2.05) is 60.5 Å². The van der Waals surface area contributed by atoms with Crippen molar-refractivity contribution in [3.63, 3.8) is 0 Å². The van der Waals surface area contributed by atoms with Gasteiger partial charge in [0.05, 0.1) is 16.5 Å². The molecule has 0 saturated carbocycles. The van der Waals surface area contributed by atoms with Gasteiger partial charge in [-0.15, -0.1) is 0 Å². The van der Waals surface area contributed by atoms with Gasteiger partial charge in [-0.2, -0.15) is 0 Å². The van der Waals surface area contributed by atoms with E-state index in [4.69, 9.17) is 10.6 Å². The van der Waals surface area contributed by atoms with Crippen molar-refractivity contribution in [1.82, 2.24) is 9.91 Å². The third kappa shape index (κ3) is 3.61. The molecule has 0 bridgehead atoms. The van der Waals surface area contributed by atoms with Crippen molar-refractivity contribution < 1.29 is 19.1 Å². The van der Waals surface area contributed by atoms with Crippen molar-refractivity contribution in [3.05, 3.63) is 59.7 Å². The maximum Gasteiger partial charge on any atom is 0.303 e. The first-order chi connectivity index (χ1) is 14.4. The van der Waals surface area contributed by atoms with Gasteiger partial charge in [-0.05, 0) is 48.0 Å². The van der Waals surface area contributed by atoms with Crippen LogP contribution in [0.5, 0.6) is 5.75 Å². The van der Waals surface area contributed by atoms with Gasteiger partial charge in [0.1, 0.15) is 18.5 Å². The first-order valence-electron chi connectivity index (χ1n) is 9.47. The smallest absolute Gasteiger partial charge is 0.303 e. The molecule has 0 aliphatic carbocycles. The Morgan fingerprint density at radius 1 is 1.00 bits per heavy atom. The van der Waals surface area contributed by atoms with Crippen molar-refractivity contribution in [1.29, 1.82) is 0 Å². The zero-order valence-electron chi connectivity index (χ0n) is 16.6. The average molecular weight is 426 g/mol. The number of amides is 3. The minimum atomic E-state index is -0.495. The second-order valence-electron chi connectivity index (χ2n) is 7.26. The van der Waals surface area contributed by atoms with Crippen LogP contribution in [0.2, 0.25) is 0 Å². The second kappa shape index (κ2) is 8.00. The maximum absolute atomic E-state index is 12.6. The number of imide groups is 1. The number of nitrogens with zero attached hydrogens (tertiary/aromatic N) is 3. The molecule has 30 heavy (non-hydrogen) atoms. The highest BCUT2D eigenvalue weighted by atomic mass is 32.2. The fourth-order valence-electron chi connectivity index (χ4n) is 3.64. The third-order valence-electron chi connectivity index (χ3n) is 5.43. The number of benzene rings is 2. The third-order valence-corrected chi connectivity index (χ3v) is 6.48. The number of para-hydroxylation sites is 1. The molecule has 2 N–H and O–H groups in total. The minimum Gasteiger partial charge on any atom is -0.489 e. The van der Waals surface area contributed by atoms with Crippen LogP contribution in [0, 0.1) is 0 Å². The largest absolute Gasteiger partial charge is 0.489 e. The molecule has 156 valence electrons. The van der Waals surface area contributed by atoms with Crippen LogP contribution in [-0.2, 0) is 11.2 Å². The quantitative estimate of drug-likeness (QED) is 0.578. The molecule has 0 aromatic heterocycles. The zero-order valence-corrected chi connectivity index (χ0v) is 17.5. The first-order valence-corrected chi connectivity index (χ1v) is 10.3. The standard InChI is InChI=1S/C21H22N4O4S/c1-23-16-6-4-3-5-15(16)19(26)24(2)18(23)12-29-14-9-7-13(8-10-14)11-17-20(27)25(22)21(28)30-17/h3-10,17-18H,11-12,22H2,1-2H3. The molecule has 2 heterocycles. The predicted molar refractivity (Wildman–Crippen MR) is 114 cm³/mol.